The lowest BCUT2D eigenvalue weighted by Gasteiger charge is -2.14. The number of aliphatic carboxylic acids is 1. The zero-order valence-electron chi connectivity index (χ0n) is 14.8. The van der Waals surface area contributed by atoms with Crippen LogP contribution in [0.2, 0.25) is 0 Å². The number of ether oxygens (including phenoxy) is 1. The van der Waals surface area contributed by atoms with Gasteiger partial charge in [0.25, 0.3) is 5.91 Å². The van der Waals surface area contributed by atoms with Crippen molar-refractivity contribution in [2.45, 2.75) is 38.9 Å². The summed E-state index contributed by atoms with van der Waals surface area (Å²) in [4.78, 5) is 31.8. The number of halogens is 3. The topological polar surface area (TPSA) is 109 Å². The molecule has 1 aromatic rings. The fourth-order valence-corrected chi connectivity index (χ4v) is 1.68. The Morgan fingerprint density at radius 1 is 1.31 bits per heavy atom. The summed E-state index contributed by atoms with van der Waals surface area (Å²) in [7, 11) is 0.676. The Balaban J connectivity index is 0.000000660. The van der Waals surface area contributed by atoms with E-state index in [9.17, 15) is 27.6 Å². The number of nitrogens with zero attached hydrogens (tertiary/aromatic N) is 2. The first kappa shape index (κ1) is 23.3. The van der Waals surface area contributed by atoms with Crippen molar-refractivity contribution in [2.75, 3.05) is 13.7 Å². The normalized spacial score (nSPS) is 11.0. The number of carbonyl (C=O) groups excluding carboxylic acids is 2. The third-order valence-corrected chi connectivity index (χ3v) is 2.94. The maximum atomic E-state index is 11.5. The first-order valence-corrected chi connectivity index (χ1v) is 7.38. The summed E-state index contributed by atoms with van der Waals surface area (Å²) >= 11 is 0. The minimum Gasteiger partial charge on any atom is -0.481 e. The number of alkyl halides is 3. The summed E-state index contributed by atoms with van der Waals surface area (Å²) in [6, 6.07) is 1.63. The number of rotatable bonds is 5. The van der Waals surface area contributed by atoms with Crippen LogP contribution < -0.4 is 10.00 Å². The van der Waals surface area contributed by atoms with Crippen molar-refractivity contribution in [1.82, 2.24) is 10.4 Å². The highest BCUT2D eigenvalue weighted by Gasteiger charge is 2.40. The minimum atomic E-state index is -4.85. The second-order valence-corrected chi connectivity index (χ2v) is 5.59. The summed E-state index contributed by atoms with van der Waals surface area (Å²) in [5.74, 6) is -3.24. The quantitative estimate of drug-likeness (QED) is 0.584. The van der Waals surface area contributed by atoms with Crippen LogP contribution in [0.5, 0.6) is 0 Å². The number of carboxylic acid groups (broad SMARTS) is 1. The van der Waals surface area contributed by atoms with E-state index in [2.05, 4.69) is 15.2 Å². The fourth-order valence-electron chi connectivity index (χ4n) is 1.68. The lowest BCUT2D eigenvalue weighted by atomic mass is 10.0. The lowest BCUT2D eigenvalue weighted by molar-refractivity contribution is -0.808. The summed E-state index contributed by atoms with van der Waals surface area (Å²) in [6.07, 6.45) is -1.83. The first-order chi connectivity index (χ1) is 11.8. The van der Waals surface area contributed by atoms with Gasteiger partial charge in [0.15, 0.2) is 11.7 Å². The van der Waals surface area contributed by atoms with Gasteiger partial charge in [0.1, 0.15) is 12.6 Å². The molecule has 146 valence electrons. The number of esters is 1. The van der Waals surface area contributed by atoms with Gasteiger partial charge in [-0.25, -0.2) is 4.79 Å². The van der Waals surface area contributed by atoms with Crippen LogP contribution >= 0.6 is 0 Å². The van der Waals surface area contributed by atoms with Gasteiger partial charge >= 0.3 is 18.1 Å². The lowest BCUT2D eigenvalue weighted by Crippen LogP contribution is -2.55. The third kappa shape index (κ3) is 7.90. The van der Waals surface area contributed by atoms with Gasteiger partial charge in [-0.15, -0.1) is 0 Å². The molecule has 0 bridgehead atoms. The predicted molar refractivity (Wildman–Crippen MR) is 82.1 cm³/mol. The largest absolute Gasteiger partial charge is 0.490 e. The maximum Gasteiger partial charge on any atom is 0.490 e. The van der Waals surface area contributed by atoms with Crippen molar-refractivity contribution in [1.29, 1.82) is 0 Å². The number of carboxylic acids is 1. The van der Waals surface area contributed by atoms with Crippen LogP contribution in [-0.2, 0) is 19.9 Å². The van der Waals surface area contributed by atoms with Crippen LogP contribution in [0.3, 0.4) is 0 Å². The second kappa shape index (κ2) is 9.68. The molecule has 0 saturated carbocycles. The zero-order chi connectivity index (χ0) is 20.5. The predicted octanol–water partition coefficient (Wildman–Crippen LogP) is 1.05. The zero-order valence-corrected chi connectivity index (χ0v) is 14.8. The molecule has 0 atom stereocenters. The Morgan fingerprint density at radius 3 is 2.19 bits per heavy atom. The minimum absolute atomic E-state index is 0.0365. The molecule has 0 aliphatic rings. The van der Waals surface area contributed by atoms with Crippen LogP contribution in [-0.4, -0.2) is 47.9 Å². The Labute approximate surface area is 148 Å². The Kier molecular flexibility index (Phi) is 8.67. The van der Waals surface area contributed by atoms with E-state index in [1.165, 1.54) is 6.20 Å². The van der Waals surface area contributed by atoms with Crippen LogP contribution in [0.1, 0.15) is 37.6 Å². The number of amides is 1. The molecule has 11 heteroatoms. The summed E-state index contributed by atoms with van der Waals surface area (Å²) < 4.78 is 37.8. The molecule has 0 fully saturated rings. The summed E-state index contributed by atoms with van der Waals surface area (Å²) in [5.41, 5.74) is -0.176. The van der Waals surface area contributed by atoms with Crippen molar-refractivity contribution >= 4 is 17.8 Å². The molecular weight excluding hydrogens is 359 g/mol. The van der Waals surface area contributed by atoms with Gasteiger partial charge in [0, 0.05) is 26.5 Å². The van der Waals surface area contributed by atoms with Gasteiger partial charge in [-0.05, 0) is 12.0 Å². The van der Waals surface area contributed by atoms with Gasteiger partial charge < -0.3 is 15.2 Å². The standard InChI is InChI=1S/C12H17N3O3.C3H3F3O2/c1-4-13-11(18)9-5-6-15(14-8-9)12(2,3)7-10(16)17;1-8-2(7)3(4,5)6/h5-6,8H,4,7H2,1-3H3,(H-,13,16,17,18);1H3/p+1. The highest BCUT2D eigenvalue weighted by Crippen LogP contribution is 2.15. The SMILES string of the molecule is CCNC(=O)c1cc[n+](C(C)(C)CC(=O)O)nc1.COC(=O)C(F)(F)F. The van der Waals surface area contributed by atoms with Crippen LogP contribution in [0, 0.1) is 0 Å². The summed E-state index contributed by atoms with van der Waals surface area (Å²) in [6.45, 7) is 5.95. The average Bonchev–Trinajstić information content (AvgIpc) is 2.53. The summed E-state index contributed by atoms with van der Waals surface area (Å²) in [5, 5.41) is 15.6. The molecule has 0 spiro atoms. The number of hydrogen-bond acceptors (Lipinski definition) is 5. The molecule has 1 aromatic heterocycles. The number of hydrogen-bond donors (Lipinski definition) is 2. The monoisotopic (exact) mass is 380 g/mol. The van der Waals surface area contributed by atoms with Gasteiger partial charge in [-0.2, -0.15) is 13.2 Å². The van der Waals surface area contributed by atoms with E-state index in [0.29, 0.717) is 19.2 Å². The number of methoxy groups -OCH3 is 1. The van der Waals surface area contributed by atoms with E-state index in [1.807, 2.05) is 6.92 Å². The third-order valence-electron chi connectivity index (χ3n) is 2.94. The Bertz CT molecular complexity index is 630. The Morgan fingerprint density at radius 2 is 1.88 bits per heavy atom. The number of carbonyl (C=O) groups is 3. The van der Waals surface area contributed by atoms with E-state index in [1.54, 1.807) is 30.8 Å². The molecule has 1 heterocycles. The fraction of sp³-hybridized carbons (Fsp3) is 0.533. The highest BCUT2D eigenvalue weighted by molar-refractivity contribution is 5.93. The first-order valence-electron chi connectivity index (χ1n) is 7.38. The molecule has 0 aliphatic carbocycles. The molecule has 8 nitrogen and oxygen atoms in total. The highest BCUT2D eigenvalue weighted by atomic mass is 19.4. The van der Waals surface area contributed by atoms with Gasteiger partial charge in [0.2, 0.25) is 0 Å². The van der Waals surface area contributed by atoms with Crippen molar-refractivity contribution in [3.8, 4) is 0 Å². The molecule has 0 unspecified atom stereocenters. The van der Waals surface area contributed by atoms with Gasteiger partial charge in [-0.3, -0.25) is 9.59 Å². The molecule has 2 N–H and O–H groups in total. The van der Waals surface area contributed by atoms with Crippen molar-refractivity contribution in [3.63, 3.8) is 0 Å². The number of nitrogens with one attached hydrogen (secondary N) is 1. The maximum absolute atomic E-state index is 11.5. The smallest absolute Gasteiger partial charge is 0.481 e. The van der Waals surface area contributed by atoms with E-state index < -0.39 is 23.7 Å². The number of aromatic nitrogens is 2. The van der Waals surface area contributed by atoms with Crippen LogP contribution in [0.25, 0.3) is 0 Å². The van der Waals surface area contributed by atoms with E-state index in [0.717, 1.165) is 0 Å². The molecule has 0 aromatic carbocycles. The van der Waals surface area contributed by atoms with E-state index >= 15 is 0 Å². The van der Waals surface area contributed by atoms with Crippen molar-refractivity contribution in [2.24, 2.45) is 0 Å². The second-order valence-electron chi connectivity index (χ2n) is 5.59. The van der Waals surface area contributed by atoms with Crippen molar-refractivity contribution < 1.29 is 42.1 Å². The van der Waals surface area contributed by atoms with Gasteiger partial charge in [0.05, 0.1) is 12.7 Å². The van der Waals surface area contributed by atoms with E-state index in [4.69, 9.17) is 5.11 Å². The molecule has 0 radical (unpaired) electrons. The van der Waals surface area contributed by atoms with Crippen molar-refractivity contribution in [3.05, 3.63) is 24.0 Å². The molecule has 0 saturated heterocycles. The van der Waals surface area contributed by atoms with Crippen LogP contribution in [0.15, 0.2) is 18.5 Å². The molecule has 26 heavy (non-hydrogen) atoms. The van der Waals surface area contributed by atoms with Crippen LogP contribution in [0.4, 0.5) is 13.2 Å². The van der Waals surface area contributed by atoms with Gasteiger partial charge in [-0.1, -0.05) is 4.68 Å². The molecule has 1 amide bonds. The molecule has 0 aliphatic heterocycles. The molecule has 1 rings (SSSR count). The van der Waals surface area contributed by atoms with E-state index in [-0.39, 0.29) is 12.3 Å². The average molecular weight is 380 g/mol. The molecular formula is C15H21F3N3O5+. The Hall–Kier alpha value is -2.72.